The molecule has 2 saturated heterocycles. The minimum atomic E-state index is -5.08. The summed E-state index contributed by atoms with van der Waals surface area (Å²) in [6, 6.07) is 7.16. The zero-order valence-corrected chi connectivity index (χ0v) is 19.9. The summed E-state index contributed by atoms with van der Waals surface area (Å²) in [6.45, 7) is 6.67. The highest BCUT2D eigenvalue weighted by Gasteiger charge is 2.38. The first kappa shape index (κ1) is 28.4. The number of carbonyl (C=O) groups excluding carboxylic acids is 2. The van der Waals surface area contributed by atoms with Crippen molar-refractivity contribution in [2.75, 3.05) is 66.0 Å². The van der Waals surface area contributed by atoms with Crippen molar-refractivity contribution in [2.45, 2.75) is 25.4 Å². The van der Waals surface area contributed by atoms with E-state index in [0.717, 1.165) is 32.7 Å². The Hall–Kier alpha value is -2.86. The Bertz CT molecular complexity index is 841. The van der Waals surface area contributed by atoms with Crippen LogP contribution in [0.15, 0.2) is 24.3 Å². The van der Waals surface area contributed by atoms with E-state index in [1.165, 1.54) is 19.3 Å². The number of rotatable bonds is 7. The highest BCUT2D eigenvalue weighted by molar-refractivity contribution is 5.96. The fraction of sp³-hybridized carbons (Fsp3) is 0.609. The van der Waals surface area contributed by atoms with Crippen LogP contribution < -0.4 is 10.1 Å². The monoisotopic (exact) mass is 502 g/mol. The van der Waals surface area contributed by atoms with E-state index in [1.807, 2.05) is 17.0 Å². The van der Waals surface area contributed by atoms with Crippen LogP contribution in [0.4, 0.5) is 13.2 Å². The fourth-order valence-corrected chi connectivity index (χ4v) is 3.81. The zero-order chi connectivity index (χ0) is 25.8. The van der Waals surface area contributed by atoms with Crippen LogP contribution in [0, 0.1) is 0 Å². The molecule has 2 aliphatic heterocycles. The van der Waals surface area contributed by atoms with Gasteiger partial charge in [0.05, 0.1) is 7.11 Å². The second kappa shape index (κ2) is 13.9. The predicted octanol–water partition coefficient (Wildman–Crippen LogP) is 1.69. The number of carbonyl (C=O) groups is 3. The van der Waals surface area contributed by atoms with E-state index < -0.39 is 12.1 Å². The maximum absolute atomic E-state index is 13.2. The molecular formula is C23H33F3N4O5. The highest BCUT2D eigenvalue weighted by Crippen LogP contribution is 2.16. The van der Waals surface area contributed by atoms with Gasteiger partial charge in [0, 0.05) is 44.8 Å². The van der Waals surface area contributed by atoms with E-state index in [0.29, 0.717) is 30.9 Å². The van der Waals surface area contributed by atoms with Gasteiger partial charge < -0.3 is 29.9 Å². The number of carboxylic acid groups (broad SMARTS) is 1. The summed E-state index contributed by atoms with van der Waals surface area (Å²) < 4.78 is 37.0. The Morgan fingerprint density at radius 3 is 2.29 bits per heavy atom. The molecule has 2 heterocycles. The number of aliphatic carboxylic acids is 1. The number of methoxy groups -OCH3 is 1. The van der Waals surface area contributed by atoms with Gasteiger partial charge in [0.25, 0.3) is 5.91 Å². The van der Waals surface area contributed by atoms with E-state index in [-0.39, 0.29) is 18.4 Å². The number of hydrogen-bond acceptors (Lipinski definition) is 6. The molecule has 0 spiro atoms. The van der Waals surface area contributed by atoms with Crippen LogP contribution in [0.5, 0.6) is 5.75 Å². The molecule has 2 N–H and O–H groups in total. The van der Waals surface area contributed by atoms with Gasteiger partial charge in [-0.15, -0.1) is 0 Å². The second-order valence-corrected chi connectivity index (χ2v) is 8.29. The summed E-state index contributed by atoms with van der Waals surface area (Å²) in [7, 11) is 1.59. The lowest BCUT2D eigenvalue weighted by Crippen LogP contribution is -2.51. The molecule has 35 heavy (non-hydrogen) atoms. The van der Waals surface area contributed by atoms with Crippen LogP contribution in [0.1, 0.15) is 29.6 Å². The number of likely N-dealkylation sites (tertiary alicyclic amines) is 1. The lowest BCUT2D eigenvalue weighted by Gasteiger charge is -2.32. The topological polar surface area (TPSA) is 102 Å². The fourth-order valence-electron chi connectivity index (χ4n) is 3.81. The molecule has 2 amide bonds. The first-order valence-electron chi connectivity index (χ1n) is 11.6. The van der Waals surface area contributed by atoms with E-state index in [9.17, 15) is 22.8 Å². The van der Waals surface area contributed by atoms with E-state index in [2.05, 4.69) is 10.2 Å². The predicted molar refractivity (Wildman–Crippen MR) is 122 cm³/mol. The van der Waals surface area contributed by atoms with Gasteiger partial charge in [-0.1, -0.05) is 12.5 Å². The molecule has 9 nitrogen and oxygen atoms in total. The molecular weight excluding hydrogens is 469 g/mol. The van der Waals surface area contributed by atoms with E-state index >= 15 is 0 Å². The summed E-state index contributed by atoms with van der Waals surface area (Å²) in [5, 5.41) is 10.4. The van der Waals surface area contributed by atoms with Crippen molar-refractivity contribution < 1.29 is 37.4 Å². The van der Waals surface area contributed by atoms with Crippen molar-refractivity contribution >= 4 is 17.8 Å². The van der Waals surface area contributed by atoms with Crippen LogP contribution in [0.25, 0.3) is 0 Å². The summed E-state index contributed by atoms with van der Waals surface area (Å²) in [5.41, 5.74) is 0.561. The third-order valence-corrected chi connectivity index (χ3v) is 5.78. The highest BCUT2D eigenvalue weighted by atomic mass is 19.4. The lowest BCUT2D eigenvalue weighted by atomic mass is 10.1. The smallest absolute Gasteiger partial charge is 0.490 e. The van der Waals surface area contributed by atoms with Crippen molar-refractivity contribution in [1.82, 2.24) is 20.0 Å². The first-order chi connectivity index (χ1) is 16.6. The van der Waals surface area contributed by atoms with Crippen molar-refractivity contribution in [3.05, 3.63) is 29.8 Å². The summed E-state index contributed by atoms with van der Waals surface area (Å²) in [5.74, 6) is -2.20. The third-order valence-electron chi connectivity index (χ3n) is 5.78. The van der Waals surface area contributed by atoms with Gasteiger partial charge in [-0.2, -0.15) is 13.2 Å². The van der Waals surface area contributed by atoms with Gasteiger partial charge in [-0.25, -0.2) is 4.79 Å². The van der Waals surface area contributed by atoms with Crippen LogP contribution in [-0.4, -0.2) is 110 Å². The maximum Gasteiger partial charge on any atom is 0.490 e. The molecule has 2 aliphatic rings. The summed E-state index contributed by atoms with van der Waals surface area (Å²) >= 11 is 0. The number of ether oxygens (including phenoxy) is 1. The number of hydrogen-bond donors (Lipinski definition) is 2. The lowest BCUT2D eigenvalue weighted by molar-refractivity contribution is -0.192. The van der Waals surface area contributed by atoms with Gasteiger partial charge in [0.15, 0.2) is 0 Å². The zero-order valence-electron chi connectivity index (χ0n) is 19.9. The Kier molecular flexibility index (Phi) is 11.3. The number of nitrogens with zero attached hydrogens (tertiary/aromatic N) is 3. The average molecular weight is 503 g/mol. The average Bonchev–Trinajstić information content (AvgIpc) is 2.87. The molecule has 0 unspecified atom stereocenters. The first-order valence-corrected chi connectivity index (χ1v) is 11.6. The Balaban J connectivity index is 0.000000540. The largest absolute Gasteiger partial charge is 0.497 e. The van der Waals surface area contributed by atoms with Gasteiger partial charge in [-0.05, 0) is 44.1 Å². The van der Waals surface area contributed by atoms with Crippen LogP contribution in [0.2, 0.25) is 0 Å². The number of piperidine rings is 1. The van der Waals surface area contributed by atoms with Crippen LogP contribution >= 0.6 is 0 Å². The number of alkyl halides is 3. The Morgan fingerprint density at radius 2 is 1.71 bits per heavy atom. The van der Waals surface area contributed by atoms with Crippen molar-refractivity contribution in [2.24, 2.45) is 0 Å². The van der Waals surface area contributed by atoms with Gasteiger partial charge >= 0.3 is 12.1 Å². The number of carboxylic acids is 1. The molecule has 0 radical (unpaired) electrons. The Labute approximate surface area is 202 Å². The third kappa shape index (κ3) is 9.73. The molecule has 0 bridgehead atoms. The molecule has 1 aromatic carbocycles. The van der Waals surface area contributed by atoms with Crippen LogP contribution in [0.3, 0.4) is 0 Å². The van der Waals surface area contributed by atoms with Crippen molar-refractivity contribution in [3.63, 3.8) is 0 Å². The van der Waals surface area contributed by atoms with E-state index in [4.69, 9.17) is 14.6 Å². The number of halogens is 3. The quantitative estimate of drug-likeness (QED) is 0.585. The van der Waals surface area contributed by atoms with Gasteiger partial charge in [0.1, 0.15) is 12.3 Å². The molecule has 3 rings (SSSR count). The number of piperazine rings is 1. The van der Waals surface area contributed by atoms with Gasteiger partial charge in [-0.3, -0.25) is 9.59 Å². The SMILES string of the molecule is COc1cccc(C(=O)N(CCN2CCCCC2)CC(=O)N2CCNCC2)c1.O=C(O)C(F)(F)F. The normalized spacial score (nSPS) is 16.6. The second-order valence-electron chi connectivity index (χ2n) is 8.29. The standard InChI is InChI=1S/C21H32N4O3.C2HF3O2/c1-28-19-7-5-6-18(16-19)21(27)25(15-14-23-10-3-2-4-11-23)17-20(26)24-12-8-22-9-13-24;3-2(4,5)1(6)7/h5-7,16,22H,2-4,8-15,17H2,1H3;(H,6,7). The molecule has 12 heteroatoms. The Morgan fingerprint density at radius 1 is 1.09 bits per heavy atom. The number of nitrogens with one attached hydrogen (secondary N) is 1. The maximum atomic E-state index is 13.2. The molecule has 196 valence electrons. The number of amides is 2. The minimum absolute atomic E-state index is 0.0244. The van der Waals surface area contributed by atoms with Crippen molar-refractivity contribution in [3.8, 4) is 5.75 Å². The summed E-state index contributed by atoms with van der Waals surface area (Å²) in [6.07, 6.45) is -1.38. The minimum Gasteiger partial charge on any atom is -0.497 e. The molecule has 0 atom stereocenters. The molecule has 0 saturated carbocycles. The molecule has 2 fully saturated rings. The number of benzene rings is 1. The summed E-state index contributed by atoms with van der Waals surface area (Å²) in [4.78, 5) is 40.8. The van der Waals surface area contributed by atoms with E-state index in [1.54, 1.807) is 24.1 Å². The van der Waals surface area contributed by atoms with Gasteiger partial charge in [0.2, 0.25) is 5.91 Å². The molecule has 0 aromatic heterocycles. The van der Waals surface area contributed by atoms with Crippen LogP contribution in [-0.2, 0) is 9.59 Å². The molecule has 1 aromatic rings. The van der Waals surface area contributed by atoms with Crippen molar-refractivity contribution in [1.29, 1.82) is 0 Å². The molecule has 0 aliphatic carbocycles.